The maximum Gasteiger partial charge on any atom is 0.337 e. The molecule has 0 saturated carbocycles. The van der Waals surface area contributed by atoms with E-state index in [0.717, 1.165) is 12.8 Å². The van der Waals surface area contributed by atoms with Crippen molar-refractivity contribution in [1.29, 1.82) is 0 Å². The van der Waals surface area contributed by atoms with Gasteiger partial charge in [-0.1, -0.05) is 30.3 Å². The van der Waals surface area contributed by atoms with Crippen molar-refractivity contribution in [2.75, 3.05) is 5.32 Å². The molecule has 0 aliphatic carbocycles. The summed E-state index contributed by atoms with van der Waals surface area (Å²) >= 11 is 0. The molecule has 21 heavy (non-hydrogen) atoms. The first-order chi connectivity index (χ1) is 10.1. The van der Waals surface area contributed by atoms with Crippen molar-refractivity contribution in [2.45, 2.75) is 19.3 Å². The third-order valence-electron chi connectivity index (χ3n) is 2.98. The van der Waals surface area contributed by atoms with Crippen LogP contribution in [0.4, 0.5) is 5.69 Å². The van der Waals surface area contributed by atoms with Crippen molar-refractivity contribution in [1.82, 2.24) is 4.98 Å². The smallest absolute Gasteiger partial charge is 0.337 e. The van der Waals surface area contributed by atoms with E-state index in [-0.39, 0.29) is 11.5 Å². The topological polar surface area (TPSA) is 79.3 Å². The molecule has 1 heterocycles. The van der Waals surface area contributed by atoms with Gasteiger partial charge in [0.05, 0.1) is 17.4 Å². The van der Waals surface area contributed by atoms with E-state index in [1.807, 2.05) is 30.3 Å². The molecule has 1 aromatic carbocycles. The largest absolute Gasteiger partial charge is 0.478 e. The second-order valence-electron chi connectivity index (χ2n) is 4.65. The van der Waals surface area contributed by atoms with Crippen molar-refractivity contribution in [2.24, 2.45) is 0 Å². The fourth-order valence-corrected chi connectivity index (χ4v) is 1.95. The van der Waals surface area contributed by atoms with Gasteiger partial charge in [0.2, 0.25) is 5.91 Å². The summed E-state index contributed by atoms with van der Waals surface area (Å²) in [6, 6.07) is 11.3. The molecule has 0 aliphatic heterocycles. The van der Waals surface area contributed by atoms with E-state index in [2.05, 4.69) is 10.3 Å². The lowest BCUT2D eigenvalue weighted by Gasteiger charge is -2.05. The molecule has 2 N–H and O–H groups in total. The predicted molar refractivity (Wildman–Crippen MR) is 79.2 cm³/mol. The number of nitrogens with one attached hydrogen (secondary N) is 1. The third kappa shape index (κ3) is 4.72. The number of aromatic nitrogens is 1. The molecule has 1 amide bonds. The maximum absolute atomic E-state index is 11.8. The Hall–Kier alpha value is -2.69. The molecule has 0 unspecified atom stereocenters. The van der Waals surface area contributed by atoms with E-state index >= 15 is 0 Å². The van der Waals surface area contributed by atoms with E-state index in [4.69, 9.17) is 5.11 Å². The van der Waals surface area contributed by atoms with Crippen molar-refractivity contribution in [3.8, 4) is 0 Å². The number of carboxylic acids is 1. The molecule has 108 valence electrons. The number of aryl methyl sites for hydroxylation is 1. The molecule has 0 spiro atoms. The number of carbonyl (C=O) groups excluding carboxylic acids is 1. The first-order valence-electron chi connectivity index (χ1n) is 6.67. The van der Waals surface area contributed by atoms with Crippen molar-refractivity contribution < 1.29 is 14.7 Å². The van der Waals surface area contributed by atoms with Crippen LogP contribution in [-0.4, -0.2) is 22.0 Å². The van der Waals surface area contributed by atoms with Crippen molar-refractivity contribution in [3.63, 3.8) is 0 Å². The minimum atomic E-state index is -1.07. The predicted octanol–water partition coefficient (Wildman–Crippen LogP) is 2.74. The average molecular weight is 284 g/mol. The van der Waals surface area contributed by atoms with Gasteiger partial charge in [0.1, 0.15) is 0 Å². The second kappa shape index (κ2) is 7.19. The quantitative estimate of drug-likeness (QED) is 0.854. The number of hydrogen-bond acceptors (Lipinski definition) is 3. The number of hydrogen-bond donors (Lipinski definition) is 2. The van der Waals surface area contributed by atoms with Gasteiger partial charge in [-0.3, -0.25) is 9.78 Å². The molecule has 0 radical (unpaired) electrons. The highest BCUT2D eigenvalue weighted by molar-refractivity contribution is 5.93. The molecule has 0 atom stereocenters. The standard InChI is InChI=1S/C16H16N2O3/c19-15(8-4-7-12-5-2-1-3-6-12)18-14-9-13(16(20)21)10-17-11-14/h1-3,5-6,9-11H,4,7-8H2,(H,18,19)(H,20,21). The van der Waals surface area contributed by atoms with Crippen LogP contribution in [0.5, 0.6) is 0 Å². The number of nitrogens with zero attached hydrogens (tertiary/aromatic N) is 1. The van der Waals surface area contributed by atoms with Crippen LogP contribution in [0.1, 0.15) is 28.8 Å². The van der Waals surface area contributed by atoms with Gasteiger partial charge < -0.3 is 10.4 Å². The summed E-state index contributed by atoms with van der Waals surface area (Å²) in [7, 11) is 0. The number of aromatic carboxylic acids is 1. The zero-order chi connectivity index (χ0) is 15.1. The highest BCUT2D eigenvalue weighted by Crippen LogP contribution is 2.10. The summed E-state index contributed by atoms with van der Waals surface area (Å²) in [6.07, 6.45) is 4.63. The SMILES string of the molecule is O=C(CCCc1ccccc1)Nc1cncc(C(=O)O)c1. The Kier molecular flexibility index (Phi) is 5.04. The van der Waals surface area contributed by atoms with Gasteiger partial charge in [-0.2, -0.15) is 0 Å². The van der Waals surface area contributed by atoms with E-state index in [9.17, 15) is 9.59 Å². The first kappa shape index (κ1) is 14.7. The minimum Gasteiger partial charge on any atom is -0.478 e. The lowest BCUT2D eigenvalue weighted by molar-refractivity contribution is -0.116. The van der Waals surface area contributed by atoms with Crippen LogP contribution in [0, 0.1) is 0 Å². The van der Waals surface area contributed by atoms with Crippen molar-refractivity contribution in [3.05, 3.63) is 59.9 Å². The Morgan fingerprint density at radius 3 is 2.62 bits per heavy atom. The summed E-state index contributed by atoms with van der Waals surface area (Å²) < 4.78 is 0. The third-order valence-corrected chi connectivity index (χ3v) is 2.98. The highest BCUT2D eigenvalue weighted by Gasteiger charge is 2.07. The monoisotopic (exact) mass is 284 g/mol. The molecule has 5 heteroatoms. The Morgan fingerprint density at radius 1 is 1.14 bits per heavy atom. The number of carbonyl (C=O) groups is 2. The van der Waals surface area contributed by atoms with Crippen LogP contribution in [0.2, 0.25) is 0 Å². The molecule has 2 rings (SSSR count). The maximum atomic E-state index is 11.8. The Labute approximate surface area is 122 Å². The number of carboxylic acid groups (broad SMARTS) is 1. The number of rotatable bonds is 6. The molecule has 0 aliphatic rings. The minimum absolute atomic E-state index is 0.0529. The van der Waals surface area contributed by atoms with E-state index in [0.29, 0.717) is 12.1 Å². The van der Waals surface area contributed by atoms with Crippen LogP contribution in [0.3, 0.4) is 0 Å². The molecule has 0 fully saturated rings. The normalized spacial score (nSPS) is 10.1. The summed E-state index contributed by atoms with van der Waals surface area (Å²) in [6.45, 7) is 0. The van der Waals surface area contributed by atoms with Crippen LogP contribution in [0.15, 0.2) is 48.8 Å². The summed E-state index contributed by atoms with van der Waals surface area (Å²) in [5.41, 5.74) is 1.65. The number of anilines is 1. The fraction of sp³-hybridized carbons (Fsp3) is 0.188. The lowest BCUT2D eigenvalue weighted by Crippen LogP contribution is -2.12. The molecule has 0 bridgehead atoms. The number of pyridine rings is 1. The van der Waals surface area contributed by atoms with Gasteiger partial charge in [-0.15, -0.1) is 0 Å². The van der Waals surface area contributed by atoms with Gasteiger partial charge in [-0.05, 0) is 24.5 Å². The zero-order valence-corrected chi connectivity index (χ0v) is 11.5. The zero-order valence-electron chi connectivity index (χ0n) is 11.5. The van der Waals surface area contributed by atoms with Crippen LogP contribution >= 0.6 is 0 Å². The average Bonchev–Trinajstić information content (AvgIpc) is 2.48. The number of amides is 1. The fourth-order valence-electron chi connectivity index (χ4n) is 1.95. The van der Waals surface area contributed by atoms with Gasteiger partial charge in [-0.25, -0.2) is 4.79 Å². The van der Waals surface area contributed by atoms with Gasteiger partial charge >= 0.3 is 5.97 Å². The Balaban J connectivity index is 1.82. The van der Waals surface area contributed by atoms with Crippen molar-refractivity contribution >= 4 is 17.6 Å². The second-order valence-corrected chi connectivity index (χ2v) is 4.65. The van der Waals surface area contributed by atoms with Crippen LogP contribution in [0.25, 0.3) is 0 Å². The molecule has 5 nitrogen and oxygen atoms in total. The molecule has 0 saturated heterocycles. The molecular weight excluding hydrogens is 268 g/mol. The Bertz CT molecular complexity index is 626. The van der Waals surface area contributed by atoms with E-state index < -0.39 is 5.97 Å². The molecular formula is C16H16N2O3. The van der Waals surface area contributed by atoms with Gasteiger partial charge in [0.15, 0.2) is 0 Å². The lowest BCUT2D eigenvalue weighted by atomic mass is 10.1. The summed E-state index contributed by atoms with van der Waals surface area (Å²) in [5.74, 6) is -1.21. The highest BCUT2D eigenvalue weighted by atomic mass is 16.4. The molecule has 1 aromatic heterocycles. The first-order valence-corrected chi connectivity index (χ1v) is 6.67. The molecule has 2 aromatic rings. The van der Waals surface area contributed by atoms with E-state index in [1.165, 1.54) is 24.0 Å². The van der Waals surface area contributed by atoms with Crippen LogP contribution in [-0.2, 0) is 11.2 Å². The van der Waals surface area contributed by atoms with Gasteiger partial charge in [0, 0.05) is 12.6 Å². The number of benzene rings is 1. The summed E-state index contributed by atoms with van der Waals surface area (Å²) in [4.78, 5) is 26.4. The Morgan fingerprint density at radius 2 is 1.90 bits per heavy atom. The van der Waals surface area contributed by atoms with Crippen LogP contribution < -0.4 is 5.32 Å². The van der Waals surface area contributed by atoms with Gasteiger partial charge in [0.25, 0.3) is 0 Å². The summed E-state index contributed by atoms with van der Waals surface area (Å²) in [5, 5.41) is 11.5. The van der Waals surface area contributed by atoms with E-state index in [1.54, 1.807) is 0 Å².